The molecular formula is C21H25N5O4. The first-order valence-corrected chi connectivity index (χ1v) is 9.89. The Balaban J connectivity index is 1.68. The molecule has 0 bridgehead atoms. The molecule has 1 aromatic rings. The minimum Gasteiger partial charge on any atom is -0.465 e. The maximum absolute atomic E-state index is 13.2. The lowest BCUT2D eigenvalue weighted by molar-refractivity contribution is -0.150. The number of nitrogens with zero attached hydrogens (tertiary/aromatic N) is 5. The van der Waals surface area contributed by atoms with E-state index in [2.05, 4.69) is 18.2 Å². The van der Waals surface area contributed by atoms with Crippen LogP contribution in [-0.2, 0) is 14.3 Å². The van der Waals surface area contributed by atoms with E-state index >= 15 is 0 Å². The lowest BCUT2D eigenvalue weighted by Gasteiger charge is -2.39. The number of guanidine groups is 1. The largest absolute Gasteiger partial charge is 0.465 e. The predicted molar refractivity (Wildman–Crippen MR) is 111 cm³/mol. The van der Waals surface area contributed by atoms with Gasteiger partial charge < -0.3 is 14.5 Å². The Hall–Kier alpha value is -3.36. The molecule has 9 nitrogen and oxygen atoms in total. The van der Waals surface area contributed by atoms with E-state index in [1.54, 1.807) is 18.9 Å². The number of amides is 3. The number of ether oxygens (including phenoxy) is 1. The number of likely N-dealkylation sites (N-methyl/N-ethyl adjacent to an activating group) is 1. The number of urea groups is 1. The fourth-order valence-electron chi connectivity index (χ4n) is 4.23. The first-order chi connectivity index (χ1) is 14.2. The Kier molecular flexibility index (Phi) is 4.76. The fourth-order valence-corrected chi connectivity index (χ4v) is 4.23. The zero-order chi connectivity index (χ0) is 21.7. The number of esters is 1. The molecular weight excluding hydrogens is 386 g/mol. The average molecular weight is 411 g/mol. The highest BCUT2D eigenvalue weighted by atomic mass is 16.5. The molecule has 0 spiro atoms. The van der Waals surface area contributed by atoms with Gasteiger partial charge in [0.1, 0.15) is 6.54 Å². The van der Waals surface area contributed by atoms with Crippen LogP contribution >= 0.6 is 0 Å². The molecule has 0 radical (unpaired) electrons. The molecule has 4 rings (SSSR count). The zero-order valence-corrected chi connectivity index (χ0v) is 17.7. The molecule has 0 aliphatic carbocycles. The molecule has 30 heavy (non-hydrogen) atoms. The second kappa shape index (κ2) is 7.16. The molecule has 1 fully saturated rings. The smallest absolute Gasteiger partial charge is 0.328 e. The summed E-state index contributed by atoms with van der Waals surface area (Å²) in [5, 5.41) is 0. The van der Waals surface area contributed by atoms with Gasteiger partial charge in [0, 0.05) is 24.6 Å². The molecule has 0 saturated carbocycles. The van der Waals surface area contributed by atoms with Crippen LogP contribution in [0.1, 0.15) is 25.0 Å². The Bertz CT molecular complexity index is 981. The topological polar surface area (TPSA) is 85.8 Å². The highest BCUT2D eigenvalue weighted by Gasteiger charge is 2.54. The van der Waals surface area contributed by atoms with Crippen molar-refractivity contribution in [2.24, 2.45) is 4.99 Å². The van der Waals surface area contributed by atoms with Crippen LogP contribution in [0.3, 0.4) is 0 Å². The molecule has 158 valence electrons. The van der Waals surface area contributed by atoms with Gasteiger partial charge in [-0.3, -0.25) is 19.4 Å². The molecule has 2 unspecified atom stereocenters. The summed E-state index contributed by atoms with van der Waals surface area (Å²) in [5.41, 5.74) is 4.11. The number of hydrogen-bond donors (Lipinski definition) is 0. The zero-order valence-electron chi connectivity index (χ0n) is 17.7. The Morgan fingerprint density at radius 3 is 2.43 bits per heavy atom. The lowest BCUT2D eigenvalue weighted by Crippen LogP contribution is -2.65. The van der Waals surface area contributed by atoms with Crippen LogP contribution in [0.15, 0.2) is 35.1 Å². The van der Waals surface area contributed by atoms with Crippen molar-refractivity contribution in [1.82, 2.24) is 14.7 Å². The van der Waals surface area contributed by atoms with E-state index in [1.807, 2.05) is 31.9 Å². The Morgan fingerprint density at radius 2 is 1.80 bits per heavy atom. The number of aliphatic imine (C=N–C) groups is 1. The summed E-state index contributed by atoms with van der Waals surface area (Å²) in [6.07, 6.45) is 1.21. The molecule has 1 saturated heterocycles. The maximum Gasteiger partial charge on any atom is 0.328 e. The van der Waals surface area contributed by atoms with Crippen LogP contribution in [0.5, 0.6) is 0 Å². The van der Waals surface area contributed by atoms with Crippen molar-refractivity contribution in [3.05, 3.63) is 41.2 Å². The quantitative estimate of drug-likeness (QED) is 0.703. The molecule has 3 heterocycles. The number of allylic oxidation sites excluding steroid dienone is 1. The molecule has 0 N–H and O–H groups in total. The van der Waals surface area contributed by atoms with E-state index in [1.165, 1.54) is 4.90 Å². The number of fused-ring (bicyclic) bond motifs is 3. The monoisotopic (exact) mass is 411 g/mol. The van der Waals surface area contributed by atoms with Crippen molar-refractivity contribution < 1.29 is 19.1 Å². The number of carbonyl (C=O) groups is 3. The van der Waals surface area contributed by atoms with E-state index in [9.17, 15) is 14.4 Å². The molecule has 3 amide bonds. The molecule has 3 aliphatic heterocycles. The van der Waals surface area contributed by atoms with Gasteiger partial charge in [-0.1, -0.05) is 6.07 Å². The minimum atomic E-state index is -0.719. The third kappa shape index (κ3) is 3.01. The van der Waals surface area contributed by atoms with Crippen LogP contribution in [0.4, 0.5) is 10.5 Å². The SMILES string of the molecule is CCOC(=O)CN1C(=O)C2C(N=C3N(c4cc(C)cc(C)c4)C(C)=CN32)N(C)C1=O. The summed E-state index contributed by atoms with van der Waals surface area (Å²) < 4.78 is 4.92. The Labute approximate surface area is 175 Å². The van der Waals surface area contributed by atoms with Crippen LogP contribution in [-0.4, -0.2) is 71.0 Å². The van der Waals surface area contributed by atoms with Crippen LogP contribution in [0, 0.1) is 13.8 Å². The average Bonchev–Trinajstić information content (AvgIpc) is 3.17. The van der Waals surface area contributed by atoms with E-state index in [0.29, 0.717) is 5.96 Å². The number of anilines is 1. The van der Waals surface area contributed by atoms with Gasteiger partial charge in [-0.2, -0.15) is 0 Å². The molecule has 1 aromatic carbocycles. The van der Waals surface area contributed by atoms with Gasteiger partial charge in [-0.15, -0.1) is 0 Å². The normalized spacial score (nSPS) is 22.8. The number of hydrogen-bond acceptors (Lipinski definition) is 7. The standard InChI is InChI=1S/C21H25N5O4/c1-6-30-16(27)11-25-19(28)17-18(23(5)21(25)29)22-20-24(17)10-14(4)26(20)15-8-12(2)7-13(3)9-15/h7-10,17-18H,6,11H2,1-5H3. The minimum absolute atomic E-state index is 0.184. The molecule has 2 atom stereocenters. The summed E-state index contributed by atoms with van der Waals surface area (Å²) in [6.45, 7) is 7.46. The first-order valence-electron chi connectivity index (χ1n) is 9.89. The molecule has 3 aliphatic rings. The number of benzene rings is 1. The van der Waals surface area contributed by atoms with Crippen LogP contribution in [0.2, 0.25) is 0 Å². The van der Waals surface area contributed by atoms with Crippen molar-refractivity contribution >= 4 is 29.6 Å². The van der Waals surface area contributed by atoms with Gasteiger partial charge in [0.15, 0.2) is 12.2 Å². The van der Waals surface area contributed by atoms with E-state index in [0.717, 1.165) is 27.4 Å². The van der Waals surface area contributed by atoms with E-state index in [-0.39, 0.29) is 6.61 Å². The summed E-state index contributed by atoms with van der Waals surface area (Å²) in [4.78, 5) is 48.7. The van der Waals surface area contributed by atoms with Gasteiger partial charge in [0.2, 0.25) is 5.96 Å². The number of imide groups is 1. The van der Waals surface area contributed by atoms with Gasteiger partial charge in [0.05, 0.1) is 6.61 Å². The van der Waals surface area contributed by atoms with Gasteiger partial charge >= 0.3 is 12.0 Å². The second-order valence-corrected chi connectivity index (χ2v) is 7.77. The Morgan fingerprint density at radius 1 is 1.13 bits per heavy atom. The fraction of sp³-hybridized carbons (Fsp3) is 0.429. The van der Waals surface area contributed by atoms with Crippen LogP contribution in [0.25, 0.3) is 0 Å². The first kappa shape index (κ1) is 19.9. The molecule has 9 heteroatoms. The lowest BCUT2D eigenvalue weighted by atomic mass is 10.1. The van der Waals surface area contributed by atoms with Crippen molar-refractivity contribution in [3.8, 4) is 0 Å². The number of aryl methyl sites for hydroxylation is 2. The summed E-state index contributed by atoms with van der Waals surface area (Å²) in [7, 11) is 1.59. The third-order valence-electron chi connectivity index (χ3n) is 5.45. The van der Waals surface area contributed by atoms with Gasteiger partial charge in [-0.05, 0) is 51.0 Å². The van der Waals surface area contributed by atoms with Crippen molar-refractivity contribution in [2.45, 2.75) is 39.9 Å². The third-order valence-corrected chi connectivity index (χ3v) is 5.45. The van der Waals surface area contributed by atoms with Crippen molar-refractivity contribution in [1.29, 1.82) is 0 Å². The summed E-state index contributed by atoms with van der Waals surface area (Å²) in [6, 6.07) is 4.93. The van der Waals surface area contributed by atoms with Crippen LogP contribution < -0.4 is 4.90 Å². The predicted octanol–water partition coefficient (Wildman–Crippen LogP) is 1.81. The van der Waals surface area contributed by atoms with Crippen molar-refractivity contribution in [3.63, 3.8) is 0 Å². The van der Waals surface area contributed by atoms with Gasteiger partial charge in [-0.25, -0.2) is 9.79 Å². The number of rotatable bonds is 4. The van der Waals surface area contributed by atoms with E-state index in [4.69, 9.17) is 9.73 Å². The van der Waals surface area contributed by atoms with Crippen molar-refractivity contribution in [2.75, 3.05) is 25.1 Å². The highest BCUT2D eigenvalue weighted by Crippen LogP contribution is 2.37. The second-order valence-electron chi connectivity index (χ2n) is 7.77. The number of carbonyl (C=O) groups excluding carboxylic acids is 3. The van der Waals surface area contributed by atoms with Gasteiger partial charge in [0.25, 0.3) is 5.91 Å². The maximum atomic E-state index is 13.2. The van der Waals surface area contributed by atoms with E-state index < -0.39 is 36.7 Å². The molecule has 0 aromatic heterocycles. The highest BCUT2D eigenvalue weighted by molar-refractivity contribution is 6.10. The summed E-state index contributed by atoms with van der Waals surface area (Å²) >= 11 is 0. The summed E-state index contributed by atoms with van der Waals surface area (Å²) in [5.74, 6) is -0.477.